The Hall–Kier alpha value is -6.97. The predicted molar refractivity (Wildman–Crippen MR) is 260 cm³/mol. The van der Waals surface area contributed by atoms with Crippen LogP contribution in [0.4, 0.5) is 0 Å². The lowest BCUT2D eigenvalue weighted by Gasteiger charge is -2.28. The van der Waals surface area contributed by atoms with Gasteiger partial charge in [-0.15, -0.1) is 0 Å². The number of hydrogen-bond acceptors (Lipinski definition) is 15. The Morgan fingerprint density at radius 2 is 0.919 bits per heavy atom. The van der Waals surface area contributed by atoms with E-state index in [0.29, 0.717) is 13.0 Å². The molecule has 1 fully saturated rings. The minimum Gasteiger partial charge on any atom is -0.481 e. The maximum absolute atomic E-state index is 13.7. The molecule has 28 nitrogen and oxygen atoms in total. The second-order valence-corrected chi connectivity index (χ2v) is 19.5. The molecule has 11 atom stereocenters. The van der Waals surface area contributed by atoms with Gasteiger partial charge >= 0.3 is 17.9 Å². The zero-order valence-corrected chi connectivity index (χ0v) is 43.3. The summed E-state index contributed by atoms with van der Waals surface area (Å²) in [5.74, 6) is -14.9. The van der Waals surface area contributed by atoms with E-state index in [4.69, 9.17) is 5.73 Å². The van der Waals surface area contributed by atoms with Crippen molar-refractivity contribution in [1.82, 2.24) is 53.2 Å². The average molecular weight is 1060 g/mol. The molecule has 1 aliphatic heterocycles. The molecule has 16 N–H and O–H groups in total. The lowest BCUT2D eigenvalue weighted by atomic mass is 10.0. The number of carboxylic acids is 3. The molecule has 1 aliphatic rings. The van der Waals surface area contributed by atoms with E-state index >= 15 is 0 Å². The summed E-state index contributed by atoms with van der Waals surface area (Å²) >= 11 is 0. The molecular formula is C46H77N11O17. The summed E-state index contributed by atoms with van der Waals surface area (Å²) in [6.45, 7) is 14.0. The Labute approximate surface area is 428 Å². The number of aliphatic hydroxyl groups excluding tert-OH is 1. The molecule has 0 unspecified atom stereocenters. The number of rotatable bonds is 33. The monoisotopic (exact) mass is 1060 g/mol. The highest BCUT2D eigenvalue weighted by atomic mass is 16.4. The van der Waals surface area contributed by atoms with E-state index in [9.17, 15) is 82.8 Å². The van der Waals surface area contributed by atoms with Gasteiger partial charge in [-0.3, -0.25) is 57.5 Å². The highest BCUT2D eigenvalue weighted by molar-refractivity contribution is 5.99. The Balaban J connectivity index is 3.19. The summed E-state index contributed by atoms with van der Waals surface area (Å²) in [5, 5.41) is 63.2. The second kappa shape index (κ2) is 31.6. The summed E-state index contributed by atoms with van der Waals surface area (Å²) in [4.78, 5) is 167. The number of aliphatic hydroxyl groups is 1. The third-order valence-electron chi connectivity index (χ3n) is 11.5. The van der Waals surface area contributed by atoms with E-state index < -0.39 is 169 Å². The first-order valence-electron chi connectivity index (χ1n) is 24.4. The van der Waals surface area contributed by atoms with Crippen LogP contribution in [0.3, 0.4) is 0 Å². The Bertz CT molecular complexity index is 2030. The minimum atomic E-state index is -1.92. The summed E-state index contributed by atoms with van der Waals surface area (Å²) in [7, 11) is 0. The lowest BCUT2D eigenvalue weighted by Crippen LogP contribution is -2.61. The molecule has 418 valence electrons. The molecule has 0 aromatic carbocycles. The maximum atomic E-state index is 13.7. The van der Waals surface area contributed by atoms with Gasteiger partial charge in [-0.2, -0.15) is 0 Å². The highest BCUT2D eigenvalue weighted by Crippen LogP contribution is 2.12. The van der Waals surface area contributed by atoms with Crippen molar-refractivity contribution in [3.05, 3.63) is 0 Å². The number of nitrogens with one attached hydrogen (secondary N) is 10. The maximum Gasteiger partial charge on any atom is 0.326 e. The fourth-order valence-electron chi connectivity index (χ4n) is 7.38. The smallest absolute Gasteiger partial charge is 0.326 e. The van der Waals surface area contributed by atoms with E-state index in [0.717, 1.165) is 20.3 Å². The van der Waals surface area contributed by atoms with Gasteiger partial charge in [0.05, 0.1) is 18.6 Å². The molecule has 28 heteroatoms. The van der Waals surface area contributed by atoms with Crippen LogP contribution >= 0.6 is 0 Å². The van der Waals surface area contributed by atoms with Crippen molar-refractivity contribution < 1.29 is 82.8 Å². The van der Waals surface area contributed by atoms with Crippen LogP contribution in [0, 0.1) is 17.8 Å². The van der Waals surface area contributed by atoms with Crippen LogP contribution in [-0.2, 0) is 62.3 Å². The summed E-state index contributed by atoms with van der Waals surface area (Å²) in [6, 6.07) is -14.2. The average Bonchev–Trinajstić information content (AvgIpc) is 3.83. The summed E-state index contributed by atoms with van der Waals surface area (Å²) in [5.41, 5.74) is 5.30. The number of nitrogens with two attached hydrogens (primary N) is 1. The van der Waals surface area contributed by atoms with E-state index in [1.54, 1.807) is 27.7 Å². The molecular weight excluding hydrogens is 979 g/mol. The number of carbonyl (C=O) groups is 13. The van der Waals surface area contributed by atoms with Crippen molar-refractivity contribution in [2.24, 2.45) is 23.5 Å². The zero-order valence-electron chi connectivity index (χ0n) is 43.3. The predicted octanol–water partition coefficient (Wildman–Crippen LogP) is -4.04. The number of carbonyl (C=O) groups excluding carboxylic acids is 10. The first kappa shape index (κ1) is 65.0. The first-order valence-corrected chi connectivity index (χ1v) is 24.4. The number of primary amides is 1. The molecule has 0 aromatic heterocycles. The molecule has 1 saturated heterocycles. The largest absolute Gasteiger partial charge is 0.481 e. The van der Waals surface area contributed by atoms with Gasteiger partial charge < -0.3 is 79.3 Å². The standard InChI is InChI=1S/C46H77N11O17/c1-20(2)17-29(54-40(67)27(12-14-32(47)59)51-39(66)26-11-10-16-48-26)42(69)50-24(8)38(65)57-36(25(9)58)45(72)55-30(18-21(3)4)43(70)49-23(7)37(64)53-31(19-34(62)63)44(71)52-28(13-15-33(60)61)41(68)56-35(22(5)6)46(73)74/h20-31,35-36,48,58H,10-19H2,1-9H3,(H2,47,59)(H,49,70)(H,50,69)(H,51,66)(H,52,71)(H,53,64)(H,54,67)(H,55,72)(H,56,68)(H,57,65)(H,60,61)(H,62,63)(H,73,74)/t23-,24-,25+,26-,27-,28-,29-,30-,31-,35-,36-/m0/s1. The molecule has 0 aliphatic carbocycles. The molecule has 1 heterocycles. The van der Waals surface area contributed by atoms with Crippen LogP contribution in [0.15, 0.2) is 0 Å². The molecule has 0 saturated carbocycles. The normalized spacial score (nSPS) is 17.3. The third-order valence-corrected chi connectivity index (χ3v) is 11.5. The fraction of sp³-hybridized carbons (Fsp3) is 0.717. The van der Waals surface area contributed by atoms with Gasteiger partial charge in [0.1, 0.15) is 54.4 Å². The molecule has 0 bridgehead atoms. The van der Waals surface area contributed by atoms with Crippen molar-refractivity contribution in [3.8, 4) is 0 Å². The van der Waals surface area contributed by atoms with Crippen LogP contribution in [0.1, 0.15) is 120 Å². The SMILES string of the molecule is CC(C)C[C@H](NC(=O)[C@H](CCC(N)=O)NC(=O)[C@@H]1CCCN1)C(=O)N[C@@H](C)C(=O)N[C@H](C(=O)N[C@@H](CC(C)C)C(=O)N[C@@H](C)C(=O)N[C@@H](CC(=O)O)C(=O)N[C@@H](CCC(=O)O)C(=O)N[C@H](C(=O)O)C(C)C)[C@@H](C)O. The second-order valence-electron chi connectivity index (χ2n) is 19.5. The summed E-state index contributed by atoms with van der Waals surface area (Å²) < 4.78 is 0. The Morgan fingerprint density at radius 1 is 0.500 bits per heavy atom. The highest BCUT2D eigenvalue weighted by Gasteiger charge is 2.37. The van der Waals surface area contributed by atoms with Gasteiger partial charge in [0.25, 0.3) is 0 Å². The number of aliphatic carboxylic acids is 3. The van der Waals surface area contributed by atoms with Crippen molar-refractivity contribution in [2.45, 2.75) is 187 Å². The van der Waals surface area contributed by atoms with E-state index in [2.05, 4.69) is 53.2 Å². The fourth-order valence-corrected chi connectivity index (χ4v) is 7.38. The lowest BCUT2D eigenvalue weighted by molar-refractivity contribution is -0.144. The quantitative estimate of drug-likeness (QED) is 0.0297. The zero-order chi connectivity index (χ0) is 56.7. The van der Waals surface area contributed by atoms with Crippen LogP contribution in [0.5, 0.6) is 0 Å². The van der Waals surface area contributed by atoms with Crippen LogP contribution < -0.4 is 58.9 Å². The minimum absolute atomic E-state index is 0.0658. The number of carboxylic acid groups (broad SMARTS) is 3. The van der Waals surface area contributed by atoms with Crippen molar-refractivity contribution >= 4 is 77.0 Å². The Morgan fingerprint density at radius 3 is 1.35 bits per heavy atom. The van der Waals surface area contributed by atoms with Gasteiger partial charge in [-0.05, 0) is 83.6 Å². The molecule has 74 heavy (non-hydrogen) atoms. The van der Waals surface area contributed by atoms with E-state index in [1.165, 1.54) is 20.8 Å². The van der Waals surface area contributed by atoms with Crippen LogP contribution in [0.25, 0.3) is 0 Å². The first-order chi connectivity index (χ1) is 34.3. The number of hydrogen-bond donors (Lipinski definition) is 15. The molecule has 10 amide bonds. The summed E-state index contributed by atoms with van der Waals surface area (Å²) in [6.07, 6.45) is -3.06. The molecule has 0 aromatic rings. The van der Waals surface area contributed by atoms with Gasteiger partial charge in [0, 0.05) is 12.8 Å². The van der Waals surface area contributed by atoms with Gasteiger partial charge in [-0.25, -0.2) is 4.79 Å². The van der Waals surface area contributed by atoms with Crippen LogP contribution in [0.2, 0.25) is 0 Å². The molecule has 0 spiro atoms. The van der Waals surface area contributed by atoms with Crippen molar-refractivity contribution in [1.29, 1.82) is 0 Å². The molecule has 0 radical (unpaired) electrons. The van der Waals surface area contributed by atoms with Gasteiger partial charge in [0.15, 0.2) is 0 Å². The topological polar surface area (TPSA) is 449 Å². The van der Waals surface area contributed by atoms with E-state index in [-0.39, 0.29) is 37.5 Å². The van der Waals surface area contributed by atoms with Crippen molar-refractivity contribution in [3.63, 3.8) is 0 Å². The van der Waals surface area contributed by atoms with Gasteiger partial charge in [0.2, 0.25) is 59.1 Å². The van der Waals surface area contributed by atoms with Gasteiger partial charge in [-0.1, -0.05) is 41.5 Å². The van der Waals surface area contributed by atoms with Crippen molar-refractivity contribution in [2.75, 3.05) is 6.54 Å². The van der Waals surface area contributed by atoms with Crippen LogP contribution in [-0.4, -0.2) is 170 Å². The van der Waals surface area contributed by atoms with E-state index in [1.807, 2.05) is 0 Å². The Kier molecular flexibility index (Phi) is 27.8. The number of amides is 10. The molecule has 1 rings (SSSR count). The third kappa shape index (κ3) is 23.7.